The Morgan fingerprint density at radius 3 is 2.57 bits per heavy atom. The summed E-state index contributed by atoms with van der Waals surface area (Å²) in [5.41, 5.74) is 3.65. The van der Waals surface area contributed by atoms with Gasteiger partial charge in [-0.25, -0.2) is 0 Å². The second-order valence-corrected chi connectivity index (χ2v) is 7.31. The van der Waals surface area contributed by atoms with Gasteiger partial charge in [-0.2, -0.15) is 0 Å². The maximum atomic E-state index is 13.5. The molecule has 1 atom stereocenters. The van der Waals surface area contributed by atoms with Gasteiger partial charge in [0.25, 0.3) is 0 Å². The summed E-state index contributed by atoms with van der Waals surface area (Å²) >= 11 is 0. The predicted octanol–water partition coefficient (Wildman–Crippen LogP) is 3.41. The van der Waals surface area contributed by atoms with E-state index in [1.54, 1.807) is 14.2 Å². The first kappa shape index (κ1) is 18.6. The minimum atomic E-state index is -0.319. The SMILES string of the molecule is COc1ccc2c(c1OC)CN(C)CCc1cc3c(cc1C(=O)[C@@H]2C)OCO3. The summed E-state index contributed by atoms with van der Waals surface area (Å²) in [6.45, 7) is 3.62. The van der Waals surface area contributed by atoms with Crippen LogP contribution in [-0.2, 0) is 13.0 Å². The van der Waals surface area contributed by atoms with E-state index in [-0.39, 0.29) is 18.5 Å². The zero-order valence-electron chi connectivity index (χ0n) is 16.7. The molecule has 0 fully saturated rings. The molecule has 0 amide bonds. The van der Waals surface area contributed by atoms with Crippen LogP contribution in [0.15, 0.2) is 24.3 Å². The summed E-state index contributed by atoms with van der Waals surface area (Å²) in [6.07, 6.45) is 0.753. The third kappa shape index (κ3) is 3.07. The van der Waals surface area contributed by atoms with Crippen molar-refractivity contribution in [3.63, 3.8) is 0 Å². The van der Waals surface area contributed by atoms with Crippen molar-refractivity contribution in [3.05, 3.63) is 46.5 Å². The van der Waals surface area contributed by atoms with Gasteiger partial charge in [0, 0.05) is 30.1 Å². The number of likely N-dealkylation sites (N-methyl/N-ethyl adjacent to an activating group) is 1. The molecule has 2 heterocycles. The molecule has 0 saturated carbocycles. The number of carbonyl (C=O) groups excluding carboxylic acids is 1. The van der Waals surface area contributed by atoms with Gasteiger partial charge in [0.2, 0.25) is 6.79 Å². The molecule has 148 valence electrons. The Morgan fingerprint density at radius 2 is 1.86 bits per heavy atom. The molecule has 6 nitrogen and oxygen atoms in total. The lowest BCUT2D eigenvalue weighted by Gasteiger charge is -2.26. The topological polar surface area (TPSA) is 57.2 Å². The van der Waals surface area contributed by atoms with Gasteiger partial charge in [0.05, 0.1) is 14.2 Å². The number of ether oxygens (including phenoxy) is 4. The Balaban J connectivity index is 1.86. The number of fused-ring (bicyclic) bond motifs is 3. The van der Waals surface area contributed by atoms with E-state index in [1.807, 2.05) is 31.2 Å². The summed E-state index contributed by atoms with van der Waals surface area (Å²) < 4.78 is 22.2. The summed E-state index contributed by atoms with van der Waals surface area (Å²) in [6, 6.07) is 7.63. The number of ketones is 1. The zero-order valence-corrected chi connectivity index (χ0v) is 16.7. The standard InChI is InChI=1S/C22H25NO5/c1-13-15-5-6-18(25-3)22(26-4)17(15)11-23(2)8-7-14-9-19-20(28-12-27-19)10-16(14)21(13)24/h5-6,9-10,13H,7-8,11-12H2,1-4H3/t13-/m1/s1. The predicted molar refractivity (Wildman–Crippen MR) is 105 cm³/mol. The van der Waals surface area contributed by atoms with Crippen LogP contribution in [0.25, 0.3) is 0 Å². The van der Waals surface area contributed by atoms with Crippen LogP contribution in [0.3, 0.4) is 0 Å². The fraction of sp³-hybridized carbons (Fsp3) is 0.409. The Bertz CT molecular complexity index is 924. The van der Waals surface area contributed by atoms with Crippen LogP contribution in [-0.4, -0.2) is 45.3 Å². The van der Waals surface area contributed by atoms with Gasteiger partial charge in [-0.3, -0.25) is 4.79 Å². The molecule has 0 aromatic heterocycles. The van der Waals surface area contributed by atoms with E-state index in [9.17, 15) is 4.79 Å². The van der Waals surface area contributed by atoms with Crippen molar-refractivity contribution in [2.24, 2.45) is 0 Å². The molecule has 2 aromatic carbocycles. The molecule has 0 bridgehead atoms. The fourth-order valence-electron chi connectivity index (χ4n) is 4.03. The first-order valence-electron chi connectivity index (χ1n) is 9.42. The lowest BCUT2D eigenvalue weighted by atomic mass is 9.85. The maximum absolute atomic E-state index is 13.5. The molecular weight excluding hydrogens is 358 g/mol. The Labute approximate surface area is 165 Å². The average Bonchev–Trinajstić information content (AvgIpc) is 3.16. The highest BCUT2D eigenvalue weighted by Gasteiger charge is 2.29. The van der Waals surface area contributed by atoms with Crippen LogP contribution >= 0.6 is 0 Å². The first-order chi connectivity index (χ1) is 13.5. The fourth-order valence-corrected chi connectivity index (χ4v) is 4.03. The van der Waals surface area contributed by atoms with Crippen molar-refractivity contribution in [2.75, 3.05) is 34.6 Å². The minimum Gasteiger partial charge on any atom is -0.493 e. The van der Waals surface area contributed by atoms with Crippen molar-refractivity contribution in [1.29, 1.82) is 0 Å². The highest BCUT2D eigenvalue weighted by atomic mass is 16.7. The lowest BCUT2D eigenvalue weighted by Crippen LogP contribution is -2.26. The molecule has 0 N–H and O–H groups in total. The third-order valence-corrected chi connectivity index (χ3v) is 5.60. The summed E-state index contributed by atoms with van der Waals surface area (Å²) in [5.74, 6) is 2.47. The maximum Gasteiger partial charge on any atom is 0.231 e. The molecule has 2 aliphatic rings. The van der Waals surface area contributed by atoms with Crippen LogP contribution in [0.4, 0.5) is 0 Å². The number of Topliss-reactive ketones (excluding diaryl/α,β-unsaturated/α-hetero) is 1. The van der Waals surface area contributed by atoms with Crippen LogP contribution in [0.2, 0.25) is 0 Å². The summed E-state index contributed by atoms with van der Waals surface area (Å²) in [4.78, 5) is 15.7. The summed E-state index contributed by atoms with van der Waals surface area (Å²) in [7, 11) is 5.34. The number of carbonyl (C=O) groups is 1. The van der Waals surface area contributed by atoms with Gasteiger partial charge in [-0.1, -0.05) is 13.0 Å². The molecule has 4 rings (SSSR count). The second-order valence-electron chi connectivity index (χ2n) is 7.31. The van der Waals surface area contributed by atoms with Crippen molar-refractivity contribution in [3.8, 4) is 23.0 Å². The van der Waals surface area contributed by atoms with Crippen LogP contribution in [0.1, 0.15) is 39.9 Å². The molecule has 0 unspecified atom stereocenters. The third-order valence-electron chi connectivity index (χ3n) is 5.60. The van der Waals surface area contributed by atoms with Crippen molar-refractivity contribution < 1.29 is 23.7 Å². The average molecular weight is 383 g/mol. The van der Waals surface area contributed by atoms with E-state index in [0.717, 1.165) is 29.7 Å². The monoisotopic (exact) mass is 383 g/mol. The molecule has 0 saturated heterocycles. The molecule has 2 aromatic rings. The molecular formula is C22H25NO5. The van der Waals surface area contributed by atoms with Crippen molar-refractivity contribution >= 4 is 5.78 Å². The minimum absolute atomic E-state index is 0.0753. The van der Waals surface area contributed by atoms with Gasteiger partial charge in [-0.05, 0) is 42.8 Å². The first-order valence-corrected chi connectivity index (χ1v) is 9.42. The number of rotatable bonds is 2. The van der Waals surface area contributed by atoms with Gasteiger partial charge in [-0.15, -0.1) is 0 Å². The molecule has 0 spiro atoms. The zero-order chi connectivity index (χ0) is 19.8. The normalized spacial score (nSPS) is 19.0. The molecule has 28 heavy (non-hydrogen) atoms. The van der Waals surface area contributed by atoms with Gasteiger partial charge in [0.1, 0.15) is 0 Å². The van der Waals surface area contributed by atoms with Crippen LogP contribution < -0.4 is 18.9 Å². The highest BCUT2D eigenvalue weighted by molar-refractivity contribution is 6.03. The van der Waals surface area contributed by atoms with E-state index in [1.165, 1.54) is 0 Å². The molecule has 2 aliphatic heterocycles. The molecule has 6 heteroatoms. The molecule has 0 radical (unpaired) electrons. The second kappa shape index (κ2) is 7.36. The van der Waals surface area contributed by atoms with E-state index in [0.29, 0.717) is 35.1 Å². The van der Waals surface area contributed by atoms with Crippen molar-refractivity contribution in [1.82, 2.24) is 4.90 Å². The van der Waals surface area contributed by atoms with Gasteiger partial charge >= 0.3 is 0 Å². The van der Waals surface area contributed by atoms with E-state index >= 15 is 0 Å². The summed E-state index contributed by atoms with van der Waals surface area (Å²) in [5, 5.41) is 0. The van der Waals surface area contributed by atoms with Gasteiger partial charge < -0.3 is 23.8 Å². The van der Waals surface area contributed by atoms with E-state index in [2.05, 4.69) is 11.9 Å². The van der Waals surface area contributed by atoms with Crippen LogP contribution in [0.5, 0.6) is 23.0 Å². The van der Waals surface area contributed by atoms with E-state index < -0.39 is 0 Å². The van der Waals surface area contributed by atoms with E-state index in [4.69, 9.17) is 18.9 Å². The number of methoxy groups -OCH3 is 2. The Kier molecular flexibility index (Phi) is 4.89. The number of benzene rings is 2. The van der Waals surface area contributed by atoms with Crippen LogP contribution in [0, 0.1) is 0 Å². The number of hydrogen-bond donors (Lipinski definition) is 0. The Morgan fingerprint density at radius 1 is 1.11 bits per heavy atom. The highest BCUT2D eigenvalue weighted by Crippen LogP contribution is 2.41. The van der Waals surface area contributed by atoms with Crippen molar-refractivity contribution in [2.45, 2.75) is 25.8 Å². The number of hydrogen-bond acceptors (Lipinski definition) is 6. The quantitative estimate of drug-likeness (QED) is 0.792. The van der Waals surface area contributed by atoms with Gasteiger partial charge in [0.15, 0.2) is 28.8 Å². The smallest absolute Gasteiger partial charge is 0.231 e. The largest absolute Gasteiger partial charge is 0.493 e. The lowest BCUT2D eigenvalue weighted by molar-refractivity contribution is 0.0963. The number of nitrogens with zero attached hydrogens (tertiary/aromatic N) is 1. The Hall–Kier alpha value is -2.73. The molecule has 0 aliphatic carbocycles.